The summed E-state index contributed by atoms with van der Waals surface area (Å²) in [5.74, 6) is -0.446. The number of alkyl halides is 2. The van der Waals surface area contributed by atoms with Crippen LogP contribution in [0.2, 0.25) is 0 Å². The molecular weight excluding hydrogens is 308 g/mol. The SMILES string of the molecule is CC(CO)CNC(=O)c1cn[nH]c1-c1cccc(OC(F)F)c1. The molecule has 124 valence electrons. The zero-order valence-electron chi connectivity index (χ0n) is 12.4. The molecule has 0 bridgehead atoms. The Hall–Kier alpha value is -2.48. The van der Waals surface area contributed by atoms with Crippen molar-refractivity contribution in [2.45, 2.75) is 13.5 Å². The van der Waals surface area contributed by atoms with Crippen molar-refractivity contribution < 1.29 is 23.4 Å². The van der Waals surface area contributed by atoms with Crippen LogP contribution in [0.3, 0.4) is 0 Å². The average Bonchev–Trinajstić information content (AvgIpc) is 3.01. The molecule has 1 heterocycles. The molecule has 0 saturated carbocycles. The molecule has 2 rings (SSSR count). The highest BCUT2D eigenvalue weighted by Crippen LogP contribution is 2.26. The number of carbonyl (C=O) groups excluding carboxylic acids is 1. The van der Waals surface area contributed by atoms with Gasteiger partial charge < -0.3 is 15.2 Å². The van der Waals surface area contributed by atoms with Crippen LogP contribution in [0.5, 0.6) is 5.75 Å². The van der Waals surface area contributed by atoms with Crippen LogP contribution >= 0.6 is 0 Å². The van der Waals surface area contributed by atoms with E-state index >= 15 is 0 Å². The van der Waals surface area contributed by atoms with Crippen molar-refractivity contribution >= 4 is 5.91 Å². The first-order valence-corrected chi connectivity index (χ1v) is 6.99. The van der Waals surface area contributed by atoms with Gasteiger partial charge in [-0.25, -0.2) is 0 Å². The highest BCUT2D eigenvalue weighted by Gasteiger charge is 2.16. The number of rotatable bonds is 7. The molecule has 0 aliphatic rings. The zero-order valence-corrected chi connectivity index (χ0v) is 12.4. The van der Waals surface area contributed by atoms with Crippen LogP contribution < -0.4 is 10.1 Å². The van der Waals surface area contributed by atoms with Gasteiger partial charge in [0.1, 0.15) is 5.75 Å². The first kappa shape index (κ1) is 16.9. The highest BCUT2D eigenvalue weighted by atomic mass is 19.3. The quantitative estimate of drug-likeness (QED) is 0.727. The van der Waals surface area contributed by atoms with Gasteiger partial charge in [-0.15, -0.1) is 0 Å². The molecule has 23 heavy (non-hydrogen) atoms. The van der Waals surface area contributed by atoms with E-state index in [9.17, 15) is 13.6 Å². The van der Waals surface area contributed by atoms with Gasteiger partial charge in [-0.2, -0.15) is 13.9 Å². The number of aliphatic hydroxyl groups excluding tert-OH is 1. The standard InChI is InChI=1S/C15H17F2N3O3/c1-9(8-21)6-18-14(22)12-7-19-20-13(12)10-3-2-4-11(5-10)23-15(16)17/h2-5,7,9,15,21H,6,8H2,1H3,(H,18,22)(H,19,20). The van der Waals surface area contributed by atoms with E-state index in [1.807, 2.05) is 0 Å². The third kappa shape index (κ3) is 4.49. The monoisotopic (exact) mass is 325 g/mol. The van der Waals surface area contributed by atoms with Crippen LogP contribution in [0.25, 0.3) is 11.3 Å². The van der Waals surface area contributed by atoms with E-state index in [0.29, 0.717) is 17.8 Å². The van der Waals surface area contributed by atoms with Crippen LogP contribution in [0.1, 0.15) is 17.3 Å². The topological polar surface area (TPSA) is 87.2 Å². The van der Waals surface area contributed by atoms with E-state index in [4.69, 9.17) is 5.11 Å². The molecule has 0 aliphatic heterocycles. The molecule has 1 aromatic carbocycles. The number of nitrogens with one attached hydrogen (secondary N) is 2. The molecule has 0 fully saturated rings. The molecule has 1 aromatic heterocycles. The summed E-state index contributed by atoms with van der Waals surface area (Å²) in [5, 5.41) is 18.2. The fraction of sp³-hybridized carbons (Fsp3) is 0.333. The lowest BCUT2D eigenvalue weighted by Gasteiger charge is -2.10. The van der Waals surface area contributed by atoms with Crippen LogP contribution in [0.4, 0.5) is 8.78 Å². The number of amides is 1. The van der Waals surface area contributed by atoms with Crippen molar-refractivity contribution in [3.05, 3.63) is 36.0 Å². The summed E-state index contributed by atoms with van der Waals surface area (Å²) >= 11 is 0. The zero-order chi connectivity index (χ0) is 16.8. The van der Waals surface area contributed by atoms with Crippen molar-refractivity contribution in [1.82, 2.24) is 15.5 Å². The number of aromatic nitrogens is 2. The number of aromatic amines is 1. The van der Waals surface area contributed by atoms with Gasteiger partial charge in [0.2, 0.25) is 0 Å². The Bertz CT molecular complexity index is 661. The van der Waals surface area contributed by atoms with Crippen molar-refractivity contribution in [2.24, 2.45) is 5.92 Å². The molecular formula is C15H17F2N3O3. The third-order valence-corrected chi connectivity index (χ3v) is 3.15. The van der Waals surface area contributed by atoms with E-state index in [-0.39, 0.29) is 29.7 Å². The lowest BCUT2D eigenvalue weighted by Crippen LogP contribution is -2.29. The molecule has 1 amide bonds. The lowest BCUT2D eigenvalue weighted by atomic mass is 10.1. The van der Waals surface area contributed by atoms with Gasteiger partial charge in [-0.05, 0) is 18.1 Å². The Labute approximate surface area is 131 Å². The normalized spacial score (nSPS) is 12.2. The summed E-state index contributed by atoms with van der Waals surface area (Å²) in [5.41, 5.74) is 1.18. The van der Waals surface area contributed by atoms with Crippen LogP contribution in [0, 0.1) is 5.92 Å². The number of carbonyl (C=O) groups is 1. The minimum Gasteiger partial charge on any atom is -0.435 e. The summed E-state index contributed by atoms with van der Waals surface area (Å²) in [7, 11) is 0. The molecule has 2 aromatic rings. The molecule has 0 aliphatic carbocycles. The average molecular weight is 325 g/mol. The molecule has 0 saturated heterocycles. The molecule has 0 spiro atoms. The fourth-order valence-electron chi connectivity index (χ4n) is 1.93. The lowest BCUT2D eigenvalue weighted by molar-refractivity contribution is -0.0498. The van der Waals surface area contributed by atoms with E-state index in [2.05, 4.69) is 20.3 Å². The van der Waals surface area contributed by atoms with Gasteiger partial charge >= 0.3 is 6.61 Å². The van der Waals surface area contributed by atoms with Gasteiger partial charge in [0, 0.05) is 18.7 Å². The Kier molecular flexibility index (Phi) is 5.64. The van der Waals surface area contributed by atoms with E-state index in [1.165, 1.54) is 18.3 Å². The van der Waals surface area contributed by atoms with Crippen LogP contribution in [-0.4, -0.2) is 41.0 Å². The van der Waals surface area contributed by atoms with Crippen molar-refractivity contribution in [3.63, 3.8) is 0 Å². The minimum atomic E-state index is -2.92. The van der Waals surface area contributed by atoms with Crippen molar-refractivity contribution in [2.75, 3.05) is 13.2 Å². The second-order valence-electron chi connectivity index (χ2n) is 5.06. The molecule has 6 nitrogen and oxygen atoms in total. The van der Waals surface area contributed by atoms with E-state index < -0.39 is 6.61 Å². The fourth-order valence-corrected chi connectivity index (χ4v) is 1.93. The predicted molar refractivity (Wildman–Crippen MR) is 79.2 cm³/mol. The van der Waals surface area contributed by atoms with Gasteiger partial charge in [0.05, 0.1) is 17.5 Å². The van der Waals surface area contributed by atoms with Gasteiger partial charge in [-0.1, -0.05) is 19.1 Å². The molecule has 1 unspecified atom stereocenters. The van der Waals surface area contributed by atoms with Crippen molar-refractivity contribution in [3.8, 4) is 17.0 Å². The van der Waals surface area contributed by atoms with E-state index in [1.54, 1.807) is 19.1 Å². The number of H-pyrrole nitrogens is 1. The number of hydrogen-bond donors (Lipinski definition) is 3. The summed E-state index contributed by atoms with van der Waals surface area (Å²) in [6.45, 7) is -0.850. The first-order valence-electron chi connectivity index (χ1n) is 6.99. The number of nitrogens with zero attached hydrogens (tertiary/aromatic N) is 1. The molecule has 3 N–H and O–H groups in total. The summed E-state index contributed by atoms with van der Waals surface area (Å²) in [6, 6.07) is 5.99. The Morgan fingerprint density at radius 1 is 1.48 bits per heavy atom. The van der Waals surface area contributed by atoms with Crippen LogP contribution in [-0.2, 0) is 0 Å². The maximum atomic E-state index is 12.3. The second kappa shape index (κ2) is 7.68. The third-order valence-electron chi connectivity index (χ3n) is 3.15. The van der Waals surface area contributed by atoms with Gasteiger partial charge in [0.25, 0.3) is 5.91 Å². The molecule has 0 radical (unpaired) electrons. The van der Waals surface area contributed by atoms with Gasteiger partial charge in [-0.3, -0.25) is 9.89 Å². The molecule has 8 heteroatoms. The molecule has 1 atom stereocenters. The van der Waals surface area contributed by atoms with Gasteiger partial charge in [0.15, 0.2) is 0 Å². The number of hydrogen-bond acceptors (Lipinski definition) is 4. The summed E-state index contributed by atoms with van der Waals surface area (Å²) in [6.07, 6.45) is 1.36. The first-order chi connectivity index (χ1) is 11.0. The maximum Gasteiger partial charge on any atom is 0.387 e. The Morgan fingerprint density at radius 3 is 2.96 bits per heavy atom. The smallest absolute Gasteiger partial charge is 0.387 e. The predicted octanol–water partition coefficient (Wildman–Crippen LogP) is 2.04. The van der Waals surface area contributed by atoms with Crippen molar-refractivity contribution in [1.29, 1.82) is 0 Å². The Balaban J connectivity index is 2.19. The minimum absolute atomic E-state index is 0.00707. The number of halogens is 2. The number of ether oxygens (including phenoxy) is 1. The van der Waals surface area contributed by atoms with Crippen LogP contribution in [0.15, 0.2) is 30.5 Å². The highest BCUT2D eigenvalue weighted by molar-refractivity contribution is 5.99. The van der Waals surface area contributed by atoms with E-state index in [0.717, 1.165) is 0 Å². The second-order valence-corrected chi connectivity index (χ2v) is 5.06. The largest absolute Gasteiger partial charge is 0.435 e. The summed E-state index contributed by atoms with van der Waals surface area (Å²) < 4.78 is 28.9. The summed E-state index contributed by atoms with van der Waals surface area (Å²) in [4.78, 5) is 12.2. The maximum absolute atomic E-state index is 12.3. The number of benzene rings is 1. The number of aliphatic hydroxyl groups is 1. The Morgan fingerprint density at radius 2 is 2.26 bits per heavy atom.